The highest BCUT2D eigenvalue weighted by atomic mass is 16.2. The lowest BCUT2D eigenvalue weighted by atomic mass is 9.93. The van der Waals surface area contributed by atoms with Crippen molar-refractivity contribution in [2.45, 2.75) is 45.7 Å². The third kappa shape index (κ3) is 4.75. The number of benzene rings is 2. The molecule has 2 aromatic carbocycles. The second-order valence-corrected chi connectivity index (χ2v) is 9.53. The summed E-state index contributed by atoms with van der Waals surface area (Å²) in [5.74, 6) is 0.423. The molecule has 1 fully saturated rings. The number of fused-ring (bicyclic) bond motifs is 1. The molecule has 1 N–H and O–H groups in total. The van der Waals surface area contributed by atoms with Crippen LogP contribution in [0.2, 0.25) is 0 Å². The van der Waals surface area contributed by atoms with Gasteiger partial charge in [0.1, 0.15) is 0 Å². The molecular formula is C26H32N4O2. The van der Waals surface area contributed by atoms with Gasteiger partial charge >= 0.3 is 0 Å². The van der Waals surface area contributed by atoms with Crippen LogP contribution in [0.3, 0.4) is 0 Å². The molecule has 1 atom stereocenters. The van der Waals surface area contributed by atoms with Gasteiger partial charge in [0.15, 0.2) is 5.69 Å². The highest BCUT2D eigenvalue weighted by Gasteiger charge is 2.31. The SMILES string of the molecule is CC1CCCN(C(C)(C)CNC(=O)c2nn(Cc3ccccc3)c(=O)c3ccccc23)C1. The van der Waals surface area contributed by atoms with E-state index in [-0.39, 0.29) is 17.0 Å². The quantitative estimate of drug-likeness (QED) is 0.645. The van der Waals surface area contributed by atoms with E-state index in [1.807, 2.05) is 42.5 Å². The van der Waals surface area contributed by atoms with E-state index < -0.39 is 0 Å². The summed E-state index contributed by atoms with van der Waals surface area (Å²) in [7, 11) is 0. The minimum atomic E-state index is -0.249. The molecule has 4 rings (SSSR count). The Hall–Kier alpha value is -2.99. The molecule has 0 saturated carbocycles. The van der Waals surface area contributed by atoms with Crippen molar-refractivity contribution >= 4 is 16.7 Å². The van der Waals surface area contributed by atoms with Gasteiger partial charge in [-0.3, -0.25) is 14.5 Å². The number of aromatic nitrogens is 2. The maximum atomic E-state index is 13.3. The number of hydrogen-bond acceptors (Lipinski definition) is 4. The Labute approximate surface area is 189 Å². The zero-order valence-corrected chi connectivity index (χ0v) is 19.2. The van der Waals surface area contributed by atoms with Gasteiger partial charge in [-0.2, -0.15) is 5.10 Å². The highest BCUT2D eigenvalue weighted by molar-refractivity contribution is 6.04. The molecule has 0 radical (unpaired) electrons. The summed E-state index contributed by atoms with van der Waals surface area (Å²) in [4.78, 5) is 28.7. The first-order valence-corrected chi connectivity index (χ1v) is 11.4. The number of nitrogens with zero attached hydrogens (tertiary/aromatic N) is 3. The van der Waals surface area contributed by atoms with Crippen molar-refractivity contribution in [3.8, 4) is 0 Å². The molecule has 1 amide bonds. The van der Waals surface area contributed by atoms with Crippen LogP contribution in [0.15, 0.2) is 59.4 Å². The molecule has 1 aliphatic rings. The normalized spacial score (nSPS) is 17.4. The fraction of sp³-hybridized carbons (Fsp3) is 0.423. The van der Waals surface area contributed by atoms with Gasteiger partial charge in [0.2, 0.25) is 0 Å². The van der Waals surface area contributed by atoms with E-state index in [0.717, 1.165) is 18.7 Å². The van der Waals surface area contributed by atoms with E-state index in [1.54, 1.807) is 12.1 Å². The van der Waals surface area contributed by atoms with Crippen molar-refractivity contribution in [3.05, 3.63) is 76.2 Å². The number of carbonyl (C=O) groups is 1. The van der Waals surface area contributed by atoms with Crippen molar-refractivity contribution < 1.29 is 4.79 Å². The van der Waals surface area contributed by atoms with E-state index in [4.69, 9.17) is 0 Å². The Kier molecular flexibility index (Phi) is 6.42. The van der Waals surface area contributed by atoms with Crippen molar-refractivity contribution in [1.29, 1.82) is 0 Å². The van der Waals surface area contributed by atoms with Crippen molar-refractivity contribution in [3.63, 3.8) is 0 Å². The predicted molar refractivity (Wildman–Crippen MR) is 128 cm³/mol. The monoisotopic (exact) mass is 432 g/mol. The predicted octanol–water partition coefficient (Wildman–Crippen LogP) is 3.69. The molecule has 168 valence electrons. The third-order valence-corrected chi connectivity index (χ3v) is 6.45. The van der Waals surface area contributed by atoms with Gasteiger partial charge in [-0.1, -0.05) is 55.5 Å². The average molecular weight is 433 g/mol. The smallest absolute Gasteiger partial charge is 0.274 e. The Bertz CT molecular complexity index is 1150. The molecule has 6 nitrogen and oxygen atoms in total. The molecule has 0 bridgehead atoms. The fourth-order valence-electron chi connectivity index (χ4n) is 4.50. The first kappa shape index (κ1) is 22.2. The average Bonchev–Trinajstić information content (AvgIpc) is 2.80. The molecule has 1 aliphatic heterocycles. The lowest BCUT2D eigenvalue weighted by Gasteiger charge is -2.43. The largest absolute Gasteiger partial charge is 0.349 e. The van der Waals surface area contributed by atoms with Crippen LogP contribution in [-0.2, 0) is 6.54 Å². The number of piperidine rings is 1. The maximum absolute atomic E-state index is 13.3. The van der Waals surface area contributed by atoms with Crippen LogP contribution in [0.5, 0.6) is 0 Å². The van der Waals surface area contributed by atoms with Crippen molar-refractivity contribution in [2.75, 3.05) is 19.6 Å². The van der Waals surface area contributed by atoms with Crippen LogP contribution in [0.4, 0.5) is 0 Å². The summed E-state index contributed by atoms with van der Waals surface area (Å²) >= 11 is 0. The Morgan fingerprint density at radius 1 is 1.09 bits per heavy atom. The summed E-state index contributed by atoms with van der Waals surface area (Å²) in [6.45, 7) is 9.57. The molecule has 6 heteroatoms. The number of amides is 1. The number of nitrogens with one attached hydrogen (secondary N) is 1. The van der Waals surface area contributed by atoms with Gasteiger partial charge in [-0.25, -0.2) is 4.68 Å². The first-order valence-electron chi connectivity index (χ1n) is 11.4. The highest BCUT2D eigenvalue weighted by Crippen LogP contribution is 2.23. The van der Waals surface area contributed by atoms with Crippen LogP contribution in [-0.4, -0.2) is 45.8 Å². The number of likely N-dealkylation sites (tertiary alicyclic amines) is 1. The topological polar surface area (TPSA) is 67.2 Å². The van der Waals surface area contributed by atoms with Crippen LogP contribution in [0, 0.1) is 5.92 Å². The number of carbonyl (C=O) groups excluding carboxylic acids is 1. The number of rotatable bonds is 6. The molecule has 0 aliphatic carbocycles. The van der Waals surface area contributed by atoms with Gasteiger partial charge in [-0.15, -0.1) is 0 Å². The standard InChI is InChI=1S/C26H32N4O2/c1-19-10-9-15-29(16-19)26(2,3)18-27-24(31)23-21-13-7-8-14-22(21)25(32)30(28-23)17-20-11-5-4-6-12-20/h4-8,11-14,19H,9-10,15-18H2,1-3H3,(H,27,31). The Balaban J connectivity index is 1.60. The molecule has 1 saturated heterocycles. The minimum Gasteiger partial charge on any atom is -0.349 e. The van der Waals surface area contributed by atoms with Gasteiger partial charge in [0.05, 0.1) is 11.9 Å². The van der Waals surface area contributed by atoms with Crippen molar-refractivity contribution in [2.24, 2.45) is 5.92 Å². The van der Waals surface area contributed by atoms with Crippen molar-refractivity contribution in [1.82, 2.24) is 20.0 Å². The first-order chi connectivity index (χ1) is 15.3. The molecule has 3 aromatic rings. The van der Waals surface area contributed by atoms with E-state index in [0.29, 0.717) is 35.5 Å². The number of hydrogen-bond donors (Lipinski definition) is 1. The van der Waals surface area contributed by atoms with E-state index in [1.165, 1.54) is 17.5 Å². The van der Waals surface area contributed by atoms with Crippen LogP contribution in [0.25, 0.3) is 10.8 Å². The van der Waals surface area contributed by atoms with Gasteiger partial charge < -0.3 is 5.32 Å². The van der Waals surface area contributed by atoms with Gasteiger partial charge in [-0.05, 0) is 50.8 Å². The maximum Gasteiger partial charge on any atom is 0.274 e. The van der Waals surface area contributed by atoms with E-state index in [2.05, 4.69) is 36.1 Å². The third-order valence-electron chi connectivity index (χ3n) is 6.45. The second kappa shape index (κ2) is 9.25. The summed E-state index contributed by atoms with van der Waals surface area (Å²) in [5.41, 5.74) is 0.908. The zero-order chi connectivity index (χ0) is 22.7. The lowest BCUT2D eigenvalue weighted by molar-refractivity contribution is 0.0655. The molecule has 2 heterocycles. The molecule has 32 heavy (non-hydrogen) atoms. The minimum absolute atomic E-state index is 0.154. The summed E-state index contributed by atoms with van der Waals surface area (Å²) in [6.07, 6.45) is 2.45. The molecular weight excluding hydrogens is 400 g/mol. The van der Waals surface area contributed by atoms with Crippen LogP contribution < -0.4 is 10.9 Å². The van der Waals surface area contributed by atoms with Crippen LogP contribution >= 0.6 is 0 Å². The van der Waals surface area contributed by atoms with Gasteiger partial charge in [0, 0.05) is 24.0 Å². The second-order valence-electron chi connectivity index (χ2n) is 9.53. The van der Waals surface area contributed by atoms with Gasteiger partial charge in [0.25, 0.3) is 11.5 Å². The lowest BCUT2D eigenvalue weighted by Crippen LogP contribution is -2.54. The van der Waals surface area contributed by atoms with E-state index >= 15 is 0 Å². The summed E-state index contributed by atoms with van der Waals surface area (Å²) in [6, 6.07) is 16.9. The Morgan fingerprint density at radius 3 is 2.50 bits per heavy atom. The molecule has 0 spiro atoms. The van der Waals surface area contributed by atoms with E-state index in [9.17, 15) is 9.59 Å². The summed E-state index contributed by atoms with van der Waals surface area (Å²) in [5, 5.41) is 8.69. The zero-order valence-electron chi connectivity index (χ0n) is 19.2. The Morgan fingerprint density at radius 2 is 1.78 bits per heavy atom. The fourth-order valence-corrected chi connectivity index (χ4v) is 4.50. The molecule has 1 aromatic heterocycles. The summed E-state index contributed by atoms with van der Waals surface area (Å²) < 4.78 is 1.39. The molecule has 1 unspecified atom stereocenters. The van der Waals surface area contributed by atoms with Crippen LogP contribution in [0.1, 0.15) is 49.7 Å².